The summed E-state index contributed by atoms with van der Waals surface area (Å²) >= 11 is 0. The van der Waals surface area contributed by atoms with E-state index in [1.807, 2.05) is 0 Å². The van der Waals surface area contributed by atoms with E-state index in [-0.39, 0.29) is 29.1 Å². The molecule has 0 amide bonds. The number of ether oxygens (including phenoxy) is 5. The van der Waals surface area contributed by atoms with E-state index in [9.17, 15) is 29.8 Å². The molecule has 13 heteroatoms. The van der Waals surface area contributed by atoms with Gasteiger partial charge in [0.15, 0.2) is 11.9 Å². The molecule has 2 heterocycles. The predicted octanol–water partition coefficient (Wildman–Crippen LogP) is 2.76. The van der Waals surface area contributed by atoms with Crippen LogP contribution in [-0.4, -0.2) is 58.8 Å². The number of esters is 2. The number of hydrogen-bond acceptors (Lipinski definition) is 11. The first-order chi connectivity index (χ1) is 16.5. The van der Waals surface area contributed by atoms with Crippen LogP contribution in [0.2, 0.25) is 0 Å². The average Bonchev–Trinajstić information content (AvgIpc) is 3.30. The first-order valence-corrected chi connectivity index (χ1v) is 10.4. The van der Waals surface area contributed by atoms with Crippen LogP contribution in [0.5, 0.6) is 0 Å². The van der Waals surface area contributed by atoms with Gasteiger partial charge in [-0.15, -0.1) is 0 Å². The summed E-state index contributed by atoms with van der Waals surface area (Å²) in [4.78, 5) is 45.3. The van der Waals surface area contributed by atoms with E-state index in [1.165, 1.54) is 48.5 Å². The number of carbonyl (C=O) groups excluding carboxylic acids is 2. The minimum atomic E-state index is -1.19. The SMILES string of the molecule is CC1(C)O[C@@H]2[C@@H](COC(=O)c3ccc([N+](=O)[O-])cc3)OC(OC(=O)c3ccc([N+](=O)[O-])cc3)[C@@H]2O1. The second-order valence-electron chi connectivity index (χ2n) is 8.22. The van der Waals surface area contributed by atoms with Gasteiger partial charge in [-0.25, -0.2) is 9.59 Å². The van der Waals surface area contributed by atoms with Crippen molar-refractivity contribution >= 4 is 23.3 Å². The minimum absolute atomic E-state index is 0.0713. The lowest BCUT2D eigenvalue weighted by Gasteiger charge is -2.24. The van der Waals surface area contributed by atoms with E-state index in [1.54, 1.807) is 13.8 Å². The van der Waals surface area contributed by atoms with E-state index in [0.717, 1.165) is 0 Å². The number of non-ortho nitro benzene ring substituents is 2. The third-order valence-corrected chi connectivity index (χ3v) is 5.34. The number of rotatable bonds is 7. The van der Waals surface area contributed by atoms with Crippen LogP contribution < -0.4 is 0 Å². The van der Waals surface area contributed by atoms with Crippen LogP contribution in [0.4, 0.5) is 11.4 Å². The topological polar surface area (TPSA) is 167 Å². The van der Waals surface area contributed by atoms with E-state index in [0.29, 0.717) is 0 Å². The Hall–Kier alpha value is -3.94. The molecule has 0 aliphatic carbocycles. The fourth-order valence-electron chi connectivity index (χ4n) is 3.72. The monoisotopic (exact) mass is 488 g/mol. The Morgan fingerprint density at radius 3 is 1.86 bits per heavy atom. The van der Waals surface area contributed by atoms with Crippen LogP contribution in [0, 0.1) is 20.2 Å². The van der Waals surface area contributed by atoms with Gasteiger partial charge in [0.2, 0.25) is 6.29 Å². The molecule has 2 aliphatic heterocycles. The van der Waals surface area contributed by atoms with Crippen molar-refractivity contribution < 1.29 is 43.1 Å². The maximum atomic E-state index is 12.6. The summed E-state index contributed by atoms with van der Waals surface area (Å²) in [5.74, 6) is -2.54. The molecule has 2 saturated heterocycles. The Labute approximate surface area is 197 Å². The minimum Gasteiger partial charge on any atom is -0.459 e. The van der Waals surface area contributed by atoms with Crippen molar-refractivity contribution in [2.24, 2.45) is 0 Å². The van der Waals surface area contributed by atoms with E-state index in [4.69, 9.17) is 23.7 Å². The van der Waals surface area contributed by atoms with Crippen molar-refractivity contribution in [3.63, 3.8) is 0 Å². The first-order valence-electron chi connectivity index (χ1n) is 10.4. The third kappa shape index (κ3) is 5.26. The average molecular weight is 488 g/mol. The van der Waals surface area contributed by atoms with E-state index >= 15 is 0 Å². The van der Waals surface area contributed by atoms with Crippen LogP contribution >= 0.6 is 0 Å². The van der Waals surface area contributed by atoms with Gasteiger partial charge in [-0.1, -0.05) is 0 Å². The highest BCUT2D eigenvalue weighted by atomic mass is 16.8. The number of carbonyl (C=O) groups is 2. The lowest BCUT2D eigenvalue weighted by atomic mass is 10.1. The van der Waals surface area contributed by atoms with Gasteiger partial charge in [-0.05, 0) is 38.1 Å². The van der Waals surface area contributed by atoms with Crippen molar-refractivity contribution in [3.8, 4) is 0 Å². The maximum Gasteiger partial charge on any atom is 0.340 e. The zero-order valence-electron chi connectivity index (χ0n) is 18.5. The Morgan fingerprint density at radius 1 is 0.857 bits per heavy atom. The molecule has 2 aromatic carbocycles. The summed E-state index contributed by atoms with van der Waals surface area (Å²) in [7, 11) is 0. The molecule has 4 atom stereocenters. The number of hydrogen-bond donors (Lipinski definition) is 0. The summed E-state index contributed by atoms with van der Waals surface area (Å²) in [6.07, 6.45) is -3.55. The van der Waals surface area contributed by atoms with Crippen LogP contribution in [0.25, 0.3) is 0 Å². The summed E-state index contributed by atoms with van der Waals surface area (Å²) < 4.78 is 28.1. The molecular formula is C22H20N2O11. The summed E-state index contributed by atoms with van der Waals surface area (Å²) in [6, 6.07) is 9.77. The Morgan fingerprint density at radius 2 is 1.34 bits per heavy atom. The van der Waals surface area contributed by atoms with Gasteiger partial charge < -0.3 is 23.7 Å². The molecule has 0 saturated carbocycles. The van der Waals surface area contributed by atoms with Crippen LogP contribution in [0.15, 0.2) is 48.5 Å². The van der Waals surface area contributed by atoms with Gasteiger partial charge >= 0.3 is 11.9 Å². The second-order valence-corrected chi connectivity index (χ2v) is 8.22. The number of fused-ring (bicyclic) bond motifs is 1. The largest absolute Gasteiger partial charge is 0.459 e. The van der Waals surface area contributed by atoms with Crippen molar-refractivity contribution in [3.05, 3.63) is 79.9 Å². The maximum absolute atomic E-state index is 12.6. The molecule has 0 aromatic heterocycles. The van der Waals surface area contributed by atoms with Gasteiger partial charge in [-0.2, -0.15) is 0 Å². The molecule has 35 heavy (non-hydrogen) atoms. The van der Waals surface area contributed by atoms with Crippen LogP contribution in [0.3, 0.4) is 0 Å². The van der Waals surface area contributed by atoms with Gasteiger partial charge in [-0.3, -0.25) is 20.2 Å². The third-order valence-electron chi connectivity index (χ3n) is 5.34. The normalized spacial score (nSPS) is 24.4. The lowest BCUT2D eigenvalue weighted by molar-refractivity contribution is -0.385. The Kier molecular flexibility index (Phi) is 6.47. The fraction of sp³-hybridized carbons (Fsp3) is 0.364. The molecule has 1 unspecified atom stereocenters. The van der Waals surface area contributed by atoms with E-state index < -0.39 is 52.2 Å². The zero-order valence-corrected chi connectivity index (χ0v) is 18.5. The molecule has 0 bridgehead atoms. The summed E-state index contributed by atoms with van der Waals surface area (Å²) in [6.45, 7) is 3.07. The van der Waals surface area contributed by atoms with Crippen LogP contribution in [0.1, 0.15) is 34.6 Å². The van der Waals surface area contributed by atoms with E-state index in [2.05, 4.69) is 0 Å². The number of benzene rings is 2. The van der Waals surface area contributed by atoms with Crippen molar-refractivity contribution in [1.82, 2.24) is 0 Å². The molecule has 2 aromatic rings. The number of nitrogens with zero attached hydrogens (tertiary/aromatic N) is 2. The van der Waals surface area contributed by atoms with Gasteiger partial charge in [0.25, 0.3) is 11.4 Å². The van der Waals surface area contributed by atoms with Crippen molar-refractivity contribution in [2.75, 3.05) is 6.61 Å². The second kappa shape index (κ2) is 9.37. The van der Waals surface area contributed by atoms with Crippen molar-refractivity contribution in [1.29, 1.82) is 0 Å². The van der Waals surface area contributed by atoms with Gasteiger partial charge in [0.1, 0.15) is 18.8 Å². The quantitative estimate of drug-likeness (QED) is 0.319. The molecule has 2 fully saturated rings. The molecule has 184 valence electrons. The predicted molar refractivity (Wildman–Crippen MR) is 114 cm³/mol. The summed E-state index contributed by atoms with van der Waals surface area (Å²) in [5, 5.41) is 21.6. The lowest BCUT2D eigenvalue weighted by Crippen LogP contribution is -2.33. The summed E-state index contributed by atoms with van der Waals surface area (Å²) in [5.41, 5.74) is -0.167. The molecular weight excluding hydrogens is 468 g/mol. The highest BCUT2D eigenvalue weighted by Crippen LogP contribution is 2.39. The first kappa shape index (κ1) is 24.2. The zero-order chi connectivity index (χ0) is 25.3. The molecule has 13 nitrogen and oxygen atoms in total. The van der Waals surface area contributed by atoms with Gasteiger partial charge in [0, 0.05) is 24.3 Å². The Balaban J connectivity index is 1.41. The van der Waals surface area contributed by atoms with Crippen molar-refractivity contribution in [2.45, 2.75) is 44.2 Å². The molecule has 0 N–H and O–H groups in total. The fourth-order valence-corrected chi connectivity index (χ4v) is 3.72. The van der Waals surface area contributed by atoms with Crippen LogP contribution in [-0.2, 0) is 23.7 Å². The van der Waals surface area contributed by atoms with Gasteiger partial charge in [0.05, 0.1) is 21.0 Å². The molecule has 0 spiro atoms. The number of nitro benzene ring substituents is 2. The standard InChI is InChI=1S/C22H20N2O11/c1-22(2)34-17-16(11-31-19(25)12-3-7-14(8-4-12)23(27)28)32-21(18(17)35-22)33-20(26)13-5-9-15(10-6-13)24(29)30/h3-10,16-18,21H,11H2,1-2H3/t16-,17-,18-,21?/m1/s1. The molecule has 2 aliphatic rings. The smallest absolute Gasteiger partial charge is 0.340 e. The Bertz CT molecular complexity index is 1150. The number of nitro groups is 2. The molecule has 0 radical (unpaired) electrons. The molecule has 4 rings (SSSR count). The highest BCUT2D eigenvalue weighted by Gasteiger charge is 2.57. The highest BCUT2D eigenvalue weighted by molar-refractivity contribution is 5.90.